The van der Waals surface area contributed by atoms with Crippen LogP contribution in [0.3, 0.4) is 0 Å². The minimum Gasteiger partial charge on any atom is -0.464 e. The topological polar surface area (TPSA) is 55.4 Å². The summed E-state index contributed by atoms with van der Waals surface area (Å²) in [6, 6.07) is 6.39. The Hall–Kier alpha value is -2.19. The lowest BCUT2D eigenvalue weighted by atomic mass is 10.1. The molecule has 0 heterocycles. The second kappa shape index (κ2) is 14.9. The summed E-state index contributed by atoms with van der Waals surface area (Å²) in [4.78, 5) is 23.9. The van der Waals surface area contributed by atoms with E-state index in [9.17, 15) is 31.5 Å². The lowest BCUT2D eigenvalue weighted by molar-refractivity contribution is -0.270. The van der Waals surface area contributed by atoms with Crippen molar-refractivity contribution in [1.29, 1.82) is 0 Å². The summed E-state index contributed by atoms with van der Waals surface area (Å²) in [6.07, 6.45) is 4.34. The Balaban J connectivity index is 2.49. The zero-order chi connectivity index (χ0) is 24.7. The predicted octanol–water partition coefficient (Wildman–Crippen LogP) is 6.38. The van der Waals surface area contributed by atoms with Gasteiger partial charge in [0.15, 0.2) is 0 Å². The fourth-order valence-corrected chi connectivity index (χ4v) is 3.28. The highest BCUT2D eigenvalue weighted by Crippen LogP contribution is 2.35. The molecule has 188 valence electrons. The minimum absolute atomic E-state index is 0.00611. The Morgan fingerprint density at radius 2 is 1.36 bits per heavy atom. The molecule has 0 aliphatic heterocycles. The fourth-order valence-electron chi connectivity index (χ4n) is 3.28. The van der Waals surface area contributed by atoms with Crippen LogP contribution in [0.4, 0.5) is 22.0 Å². The first-order valence-electron chi connectivity index (χ1n) is 11.6. The molecular formula is C24H34F5NO3. The Bertz CT molecular complexity index is 695. The van der Waals surface area contributed by atoms with Crippen LogP contribution < -0.4 is 5.32 Å². The fraction of sp³-hybridized carbons (Fsp3) is 0.667. The molecule has 0 bridgehead atoms. The van der Waals surface area contributed by atoms with Gasteiger partial charge in [0.1, 0.15) is 6.04 Å². The van der Waals surface area contributed by atoms with Gasteiger partial charge in [0.2, 0.25) is 0 Å². The second-order valence-electron chi connectivity index (χ2n) is 8.14. The number of benzene rings is 1. The molecule has 1 aromatic rings. The SMILES string of the molecule is CCCCCCCCCCCCOC(=O)C(Cc1ccccc1)NC(=O)C(F)(F)C(F)(F)F. The molecule has 0 fully saturated rings. The van der Waals surface area contributed by atoms with E-state index in [4.69, 9.17) is 4.74 Å². The Kier molecular flexibility index (Phi) is 13.0. The van der Waals surface area contributed by atoms with Crippen LogP contribution in [0.5, 0.6) is 0 Å². The first-order valence-corrected chi connectivity index (χ1v) is 11.6. The summed E-state index contributed by atoms with van der Waals surface area (Å²) in [5.74, 6) is -9.23. The van der Waals surface area contributed by atoms with Gasteiger partial charge in [0, 0.05) is 6.42 Å². The van der Waals surface area contributed by atoms with Crippen LogP contribution >= 0.6 is 0 Å². The average Bonchev–Trinajstić information content (AvgIpc) is 2.76. The maximum atomic E-state index is 13.3. The summed E-state index contributed by atoms with van der Waals surface area (Å²) in [7, 11) is 0. The number of carbonyl (C=O) groups is 2. The Labute approximate surface area is 192 Å². The van der Waals surface area contributed by atoms with Gasteiger partial charge in [-0.05, 0) is 12.0 Å². The standard InChI is InChI=1S/C24H34F5NO3/c1-2-3-4-5-6-7-8-9-10-14-17-33-21(31)20(18-19-15-12-11-13-16-19)30-22(32)23(25,26)24(27,28)29/h11-13,15-16,20H,2-10,14,17-18H2,1H3,(H,30,32). The van der Waals surface area contributed by atoms with Crippen molar-refractivity contribution in [3.8, 4) is 0 Å². The van der Waals surface area contributed by atoms with Gasteiger partial charge in [-0.2, -0.15) is 22.0 Å². The third kappa shape index (κ3) is 11.0. The van der Waals surface area contributed by atoms with Crippen molar-refractivity contribution in [2.45, 2.75) is 95.7 Å². The van der Waals surface area contributed by atoms with E-state index in [1.807, 2.05) is 0 Å². The number of halogens is 5. The number of amides is 1. The number of carbonyl (C=O) groups excluding carboxylic acids is 2. The van der Waals surface area contributed by atoms with Gasteiger partial charge in [-0.25, -0.2) is 4.79 Å². The highest BCUT2D eigenvalue weighted by Gasteiger charge is 2.63. The smallest absolute Gasteiger partial charge is 0.463 e. The second-order valence-corrected chi connectivity index (χ2v) is 8.14. The summed E-state index contributed by atoms with van der Waals surface area (Å²) < 4.78 is 69.2. The normalized spacial score (nSPS) is 12.9. The molecule has 0 saturated heterocycles. The summed E-state index contributed by atoms with van der Waals surface area (Å²) in [5.41, 5.74) is 0.481. The van der Waals surface area contributed by atoms with Gasteiger partial charge >= 0.3 is 24.0 Å². The molecule has 0 aromatic heterocycles. The van der Waals surface area contributed by atoms with E-state index >= 15 is 0 Å². The molecule has 1 amide bonds. The van der Waals surface area contributed by atoms with Crippen LogP contribution in [0, 0.1) is 0 Å². The molecular weight excluding hydrogens is 445 g/mol. The monoisotopic (exact) mass is 479 g/mol. The molecule has 0 aliphatic rings. The van der Waals surface area contributed by atoms with Crippen molar-refractivity contribution in [2.75, 3.05) is 6.61 Å². The van der Waals surface area contributed by atoms with E-state index in [-0.39, 0.29) is 13.0 Å². The highest BCUT2D eigenvalue weighted by atomic mass is 19.4. The van der Waals surface area contributed by atoms with Gasteiger partial charge in [-0.3, -0.25) is 4.79 Å². The lowest BCUT2D eigenvalue weighted by Gasteiger charge is -2.23. The first-order chi connectivity index (χ1) is 15.6. The van der Waals surface area contributed by atoms with E-state index in [0.717, 1.165) is 25.7 Å². The molecule has 0 spiro atoms. The number of ether oxygens (including phenoxy) is 1. The number of rotatable bonds is 16. The van der Waals surface area contributed by atoms with Crippen molar-refractivity contribution >= 4 is 11.9 Å². The third-order valence-electron chi connectivity index (χ3n) is 5.26. The van der Waals surface area contributed by atoms with Crippen molar-refractivity contribution in [3.05, 3.63) is 35.9 Å². The van der Waals surface area contributed by atoms with E-state index < -0.39 is 30.0 Å². The lowest BCUT2D eigenvalue weighted by Crippen LogP contribution is -2.55. The van der Waals surface area contributed by atoms with Crippen LogP contribution in [-0.4, -0.2) is 36.6 Å². The van der Waals surface area contributed by atoms with Gasteiger partial charge in [-0.15, -0.1) is 0 Å². The quantitative estimate of drug-likeness (QED) is 0.170. The number of hydrogen-bond acceptors (Lipinski definition) is 3. The molecule has 1 N–H and O–H groups in total. The predicted molar refractivity (Wildman–Crippen MR) is 116 cm³/mol. The maximum absolute atomic E-state index is 13.3. The maximum Gasteiger partial charge on any atom is 0.463 e. The molecule has 9 heteroatoms. The highest BCUT2D eigenvalue weighted by molar-refractivity contribution is 5.89. The zero-order valence-corrected chi connectivity index (χ0v) is 19.1. The van der Waals surface area contributed by atoms with Crippen molar-refractivity contribution in [2.24, 2.45) is 0 Å². The number of hydrogen-bond donors (Lipinski definition) is 1. The van der Waals surface area contributed by atoms with Gasteiger partial charge in [0.05, 0.1) is 6.61 Å². The summed E-state index contributed by atoms with van der Waals surface area (Å²) in [5, 5.41) is 1.52. The minimum atomic E-state index is -6.06. The average molecular weight is 480 g/mol. The Morgan fingerprint density at radius 1 is 0.848 bits per heavy atom. The molecule has 1 aromatic carbocycles. The van der Waals surface area contributed by atoms with Gasteiger partial charge in [0.25, 0.3) is 0 Å². The van der Waals surface area contributed by atoms with Crippen molar-refractivity contribution in [3.63, 3.8) is 0 Å². The number of alkyl halides is 5. The van der Waals surface area contributed by atoms with E-state index in [1.54, 1.807) is 30.3 Å². The first kappa shape index (κ1) is 28.8. The molecule has 0 radical (unpaired) electrons. The number of unbranched alkanes of at least 4 members (excludes halogenated alkanes) is 9. The third-order valence-corrected chi connectivity index (χ3v) is 5.26. The molecule has 4 nitrogen and oxygen atoms in total. The van der Waals surface area contributed by atoms with Crippen LogP contribution in [0.1, 0.15) is 76.7 Å². The van der Waals surface area contributed by atoms with E-state index in [0.29, 0.717) is 12.0 Å². The van der Waals surface area contributed by atoms with Crippen LogP contribution in [0.25, 0.3) is 0 Å². The molecule has 1 rings (SSSR count). The van der Waals surface area contributed by atoms with E-state index in [1.165, 1.54) is 37.4 Å². The zero-order valence-electron chi connectivity index (χ0n) is 19.1. The Morgan fingerprint density at radius 3 is 1.88 bits per heavy atom. The number of esters is 1. The van der Waals surface area contributed by atoms with Crippen LogP contribution in [0.2, 0.25) is 0 Å². The van der Waals surface area contributed by atoms with Gasteiger partial charge in [-0.1, -0.05) is 95.0 Å². The molecule has 1 unspecified atom stereocenters. The van der Waals surface area contributed by atoms with Gasteiger partial charge < -0.3 is 10.1 Å². The largest absolute Gasteiger partial charge is 0.464 e. The molecule has 33 heavy (non-hydrogen) atoms. The summed E-state index contributed by atoms with van der Waals surface area (Å²) in [6.45, 7) is 2.18. The van der Waals surface area contributed by atoms with Crippen LogP contribution in [0.15, 0.2) is 30.3 Å². The summed E-state index contributed by atoms with van der Waals surface area (Å²) >= 11 is 0. The van der Waals surface area contributed by atoms with Crippen LogP contribution in [-0.2, 0) is 20.7 Å². The molecule has 0 saturated carbocycles. The molecule has 1 atom stereocenters. The van der Waals surface area contributed by atoms with E-state index in [2.05, 4.69) is 6.92 Å². The number of nitrogens with one attached hydrogen (secondary N) is 1. The molecule has 0 aliphatic carbocycles. The van der Waals surface area contributed by atoms with Crippen molar-refractivity contribution in [1.82, 2.24) is 5.32 Å². The van der Waals surface area contributed by atoms with Crippen molar-refractivity contribution < 1.29 is 36.3 Å².